The lowest BCUT2D eigenvalue weighted by molar-refractivity contribution is -0.150. The minimum absolute atomic E-state index is 0.211. The third kappa shape index (κ3) is 3.81. The first-order valence-corrected chi connectivity index (χ1v) is 10.1. The van der Waals surface area contributed by atoms with Crippen LogP contribution < -0.4 is 5.32 Å². The molecule has 7 heteroatoms. The Hall–Kier alpha value is -2.09. The SMILES string of the molecule is O=C(Cc1ccccc1)NC1C(=O)N2C(C(O)O)=C(/C=C/C3CC3)CSC12. The normalized spacial score (nSPS) is 25.0. The molecule has 3 N–H and O–H groups in total. The summed E-state index contributed by atoms with van der Waals surface area (Å²) in [6.07, 6.45) is 4.80. The number of benzene rings is 1. The Balaban J connectivity index is 1.44. The van der Waals surface area contributed by atoms with Crippen LogP contribution in [0.5, 0.6) is 0 Å². The van der Waals surface area contributed by atoms with E-state index in [1.165, 1.54) is 16.7 Å². The van der Waals surface area contributed by atoms with Crippen molar-refractivity contribution in [2.24, 2.45) is 5.92 Å². The van der Waals surface area contributed by atoms with Crippen LogP contribution in [-0.4, -0.2) is 50.4 Å². The number of hydrogen-bond acceptors (Lipinski definition) is 5. The van der Waals surface area contributed by atoms with Crippen molar-refractivity contribution in [3.63, 3.8) is 0 Å². The molecule has 1 saturated carbocycles. The summed E-state index contributed by atoms with van der Waals surface area (Å²) < 4.78 is 0. The van der Waals surface area contributed by atoms with E-state index in [0.717, 1.165) is 24.0 Å². The predicted molar refractivity (Wildman–Crippen MR) is 102 cm³/mol. The Morgan fingerprint density at radius 1 is 1.30 bits per heavy atom. The maximum Gasteiger partial charge on any atom is 0.253 e. The van der Waals surface area contributed by atoms with E-state index in [2.05, 4.69) is 11.4 Å². The molecule has 1 saturated heterocycles. The number of nitrogens with one attached hydrogen (secondary N) is 1. The van der Waals surface area contributed by atoms with Gasteiger partial charge in [-0.3, -0.25) is 14.5 Å². The fourth-order valence-electron chi connectivity index (χ4n) is 3.40. The summed E-state index contributed by atoms with van der Waals surface area (Å²) in [5.41, 5.74) is 1.89. The summed E-state index contributed by atoms with van der Waals surface area (Å²) in [5, 5.41) is 22.1. The molecule has 0 radical (unpaired) electrons. The number of hydrogen-bond donors (Lipinski definition) is 3. The van der Waals surface area contributed by atoms with Crippen LogP contribution in [0.25, 0.3) is 0 Å². The van der Waals surface area contributed by atoms with Gasteiger partial charge in [0.05, 0.1) is 12.1 Å². The zero-order valence-electron chi connectivity index (χ0n) is 14.7. The Bertz CT molecular complexity index is 801. The lowest BCUT2D eigenvalue weighted by atomic mass is 10.0. The van der Waals surface area contributed by atoms with E-state index in [9.17, 15) is 19.8 Å². The van der Waals surface area contributed by atoms with Crippen molar-refractivity contribution in [3.05, 3.63) is 59.3 Å². The monoisotopic (exact) mass is 386 g/mol. The first-order valence-electron chi connectivity index (χ1n) is 9.10. The van der Waals surface area contributed by atoms with Crippen LogP contribution in [0.4, 0.5) is 0 Å². The number of β-lactam (4-membered cyclic amide) rings is 1. The molecular weight excluding hydrogens is 364 g/mol. The molecule has 1 aromatic carbocycles. The van der Waals surface area contributed by atoms with E-state index in [1.807, 2.05) is 36.4 Å². The molecule has 2 aliphatic heterocycles. The van der Waals surface area contributed by atoms with E-state index < -0.39 is 12.3 Å². The molecule has 2 unspecified atom stereocenters. The average Bonchev–Trinajstić information content (AvgIpc) is 3.48. The van der Waals surface area contributed by atoms with Gasteiger partial charge in [0, 0.05) is 5.75 Å². The van der Waals surface area contributed by atoms with Crippen molar-refractivity contribution in [2.75, 3.05) is 5.75 Å². The number of fused-ring (bicyclic) bond motifs is 1. The molecule has 3 aliphatic rings. The second kappa shape index (κ2) is 7.50. The van der Waals surface area contributed by atoms with Crippen molar-refractivity contribution in [2.45, 2.75) is 37.0 Å². The maximum atomic E-state index is 12.6. The fraction of sp³-hybridized carbons (Fsp3) is 0.400. The van der Waals surface area contributed by atoms with Crippen LogP contribution in [0.15, 0.2) is 53.8 Å². The van der Waals surface area contributed by atoms with Gasteiger partial charge < -0.3 is 15.5 Å². The number of carbonyl (C=O) groups excluding carboxylic acids is 2. The van der Waals surface area contributed by atoms with E-state index in [4.69, 9.17) is 0 Å². The second-order valence-electron chi connectivity index (χ2n) is 7.10. The lowest BCUT2D eigenvalue weighted by Crippen LogP contribution is -2.70. The summed E-state index contributed by atoms with van der Waals surface area (Å²) in [5.74, 6) is 0.633. The van der Waals surface area contributed by atoms with E-state index >= 15 is 0 Å². The molecule has 27 heavy (non-hydrogen) atoms. The number of rotatable bonds is 6. The number of aliphatic hydroxyl groups excluding tert-OH is 1. The third-order valence-electron chi connectivity index (χ3n) is 5.00. The zero-order valence-corrected chi connectivity index (χ0v) is 15.6. The van der Waals surface area contributed by atoms with Crippen LogP contribution in [0, 0.1) is 5.92 Å². The molecule has 6 nitrogen and oxygen atoms in total. The van der Waals surface area contributed by atoms with Crippen molar-refractivity contribution in [1.82, 2.24) is 10.2 Å². The van der Waals surface area contributed by atoms with Crippen LogP contribution in [0.3, 0.4) is 0 Å². The van der Waals surface area contributed by atoms with Crippen molar-refractivity contribution in [1.29, 1.82) is 0 Å². The number of carbonyl (C=O) groups is 2. The van der Waals surface area contributed by atoms with Gasteiger partial charge in [0.25, 0.3) is 5.91 Å². The van der Waals surface area contributed by atoms with Crippen molar-refractivity contribution >= 4 is 23.6 Å². The predicted octanol–water partition coefficient (Wildman–Crippen LogP) is 1.16. The quantitative estimate of drug-likeness (QED) is 0.504. The van der Waals surface area contributed by atoms with E-state index in [0.29, 0.717) is 11.7 Å². The number of nitrogens with zero attached hydrogens (tertiary/aromatic N) is 1. The summed E-state index contributed by atoms with van der Waals surface area (Å²) >= 11 is 1.53. The average molecular weight is 386 g/mol. The van der Waals surface area contributed by atoms with Gasteiger partial charge >= 0.3 is 0 Å². The second-order valence-corrected chi connectivity index (χ2v) is 8.20. The highest BCUT2D eigenvalue weighted by atomic mass is 32.2. The van der Waals surface area contributed by atoms with Gasteiger partial charge in [-0.05, 0) is 29.9 Å². The largest absolute Gasteiger partial charge is 0.363 e. The topological polar surface area (TPSA) is 89.9 Å². The molecule has 142 valence electrons. The molecule has 2 fully saturated rings. The van der Waals surface area contributed by atoms with Gasteiger partial charge in [-0.1, -0.05) is 42.5 Å². The maximum absolute atomic E-state index is 12.6. The minimum atomic E-state index is -1.71. The summed E-state index contributed by atoms with van der Waals surface area (Å²) in [4.78, 5) is 26.3. The van der Waals surface area contributed by atoms with Crippen LogP contribution in [0.2, 0.25) is 0 Å². The van der Waals surface area contributed by atoms with Gasteiger partial charge in [-0.2, -0.15) is 0 Å². The third-order valence-corrected chi connectivity index (χ3v) is 6.30. The molecule has 0 aromatic heterocycles. The highest BCUT2D eigenvalue weighted by Gasteiger charge is 2.53. The molecule has 0 bridgehead atoms. The summed E-state index contributed by atoms with van der Waals surface area (Å²) in [6, 6.07) is 8.72. The number of allylic oxidation sites excluding steroid dienone is 2. The number of amides is 2. The van der Waals surface area contributed by atoms with Crippen LogP contribution in [0.1, 0.15) is 18.4 Å². The molecule has 2 atom stereocenters. The smallest absolute Gasteiger partial charge is 0.253 e. The van der Waals surface area contributed by atoms with Gasteiger partial charge in [0.15, 0.2) is 6.29 Å². The standard InChI is InChI=1S/C20H22N2O4S/c23-15(10-13-4-2-1-3-5-13)21-16-18(24)22-17(20(25)26)14(11-27-19(16)22)9-8-12-6-7-12/h1-5,8-9,12,16,19-20,25-26H,6-7,10-11H2,(H,21,23)/b9-8+. The first-order chi connectivity index (χ1) is 13.0. The first kappa shape index (κ1) is 18.3. The Kier molecular flexibility index (Phi) is 5.08. The lowest BCUT2D eigenvalue weighted by Gasteiger charge is -2.50. The van der Waals surface area contributed by atoms with Crippen LogP contribution in [-0.2, 0) is 16.0 Å². The van der Waals surface area contributed by atoms with E-state index in [-0.39, 0.29) is 29.3 Å². The summed E-state index contributed by atoms with van der Waals surface area (Å²) in [6.45, 7) is 0. The Morgan fingerprint density at radius 2 is 2.04 bits per heavy atom. The highest BCUT2D eigenvalue weighted by molar-refractivity contribution is 8.00. The highest BCUT2D eigenvalue weighted by Crippen LogP contribution is 2.42. The molecule has 2 amide bonds. The Morgan fingerprint density at radius 3 is 2.70 bits per heavy atom. The molecule has 1 aliphatic carbocycles. The van der Waals surface area contributed by atoms with Crippen molar-refractivity contribution in [3.8, 4) is 0 Å². The van der Waals surface area contributed by atoms with Gasteiger partial charge in [0.1, 0.15) is 11.4 Å². The van der Waals surface area contributed by atoms with Crippen LogP contribution >= 0.6 is 11.8 Å². The Labute approximate surface area is 161 Å². The minimum Gasteiger partial charge on any atom is -0.363 e. The molecule has 1 aromatic rings. The molecular formula is C20H22N2O4S. The van der Waals surface area contributed by atoms with Gasteiger partial charge in [0.2, 0.25) is 5.91 Å². The molecule has 2 heterocycles. The van der Waals surface area contributed by atoms with Crippen molar-refractivity contribution < 1.29 is 19.8 Å². The molecule has 4 rings (SSSR count). The summed E-state index contributed by atoms with van der Waals surface area (Å²) in [7, 11) is 0. The fourth-order valence-corrected chi connectivity index (χ4v) is 4.74. The number of thioether (sulfide) groups is 1. The van der Waals surface area contributed by atoms with E-state index in [1.54, 1.807) is 0 Å². The molecule has 0 spiro atoms. The van der Waals surface area contributed by atoms with Gasteiger partial charge in [-0.25, -0.2) is 0 Å². The number of aliphatic hydroxyl groups is 2. The zero-order chi connectivity index (χ0) is 19.0. The van der Waals surface area contributed by atoms with Gasteiger partial charge in [-0.15, -0.1) is 11.8 Å².